The highest BCUT2D eigenvalue weighted by Crippen LogP contribution is 2.33. The lowest BCUT2D eigenvalue weighted by Crippen LogP contribution is -2.45. The first-order chi connectivity index (χ1) is 11.7. The molecule has 0 aliphatic carbocycles. The highest BCUT2D eigenvalue weighted by atomic mass is 16.5. The average Bonchev–Trinajstić information content (AvgIpc) is 2.87. The van der Waals surface area contributed by atoms with Gasteiger partial charge in [0, 0.05) is 18.5 Å². The van der Waals surface area contributed by atoms with Crippen molar-refractivity contribution in [2.75, 3.05) is 20.2 Å². The van der Waals surface area contributed by atoms with Gasteiger partial charge in [-0.05, 0) is 56.8 Å². The van der Waals surface area contributed by atoms with Crippen LogP contribution >= 0.6 is 0 Å². The second-order valence-corrected chi connectivity index (χ2v) is 7.25. The van der Waals surface area contributed by atoms with Crippen LogP contribution in [0.15, 0.2) is 24.3 Å². The molecule has 3 atom stereocenters. The molecule has 0 radical (unpaired) electrons. The van der Waals surface area contributed by atoms with Crippen LogP contribution in [0, 0.1) is 5.92 Å². The lowest BCUT2D eigenvalue weighted by atomic mass is 9.90. The summed E-state index contributed by atoms with van der Waals surface area (Å²) in [5.41, 5.74) is 1.24. The number of carbonyl (C=O) groups excluding carboxylic acids is 1. The number of likely N-dealkylation sites (tertiary alicyclic amines) is 1. The van der Waals surface area contributed by atoms with E-state index in [4.69, 9.17) is 4.74 Å². The summed E-state index contributed by atoms with van der Waals surface area (Å²) in [6.45, 7) is 4.04. The van der Waals surface area contributed by atoms with Crippen molar-refractivity contribution in [3.8, 4) is 5.75 Å². The number of piperidine rings is 1. The van der Waals surface area contributed by atoms with Gasteiger partial charge in [-0.1, -0.05) is 25.0 Å². The minimum Gasteiger partial charge on any atom is -0.497 e. The van der Waals surface area contributed by atoms with Crippen molar-refractivity contribution in [3.05, 3.63) is 29.8 Å². The molecule has 1 N–H and O–H groups in total. The fourth-order valence-electron chi connectivity index (χ4n) is 4.14. The minimum atomic E-state index is 0.181. The van der Waals surface area contributed by atoms with Crippen molar-refractivity contribution in [2.45, 2.75) is 57.5 Å². The molecule has 0 aromatic heterocycles. The van der Waals surface area contributed by atoms with Crippen molar-refractivity contribution < 1.29 is 9.53 Å². The number of methoxy groups -OCH3 is 1. The summed E-state index contributed by atoms with van der Waals surface area (Å²) in [7, 11) is 1.69. The van der Waals surface area contributed by atoms with Crippen molar-refractivity contribution in [3.63, 3.8) is 0 Å². The molecule has 2 fully saturated rings. The van der Waals surface area contributed by atoms with E-state index in [0.29, 0.717) is 11.9 Å². The summed E-state index contributed by atoms with van der Waals surface area (Å²) >= 11 is 0. The van der Waals surface area contributed by atoms with Crippen molar-refractivity contribution in [2.24, 2.45) is 5.92 Å². The molecule has 4 nitrogen and oxygen atoms in total. The first-order valence-corrected chi connectivity index (χ1v) is 9.37. The number of amides is 1. The molecule has 1 aromatic carbocycles. The Bertz CT molecular complexity index is 543. The van der Waals surface area contributed by atoms with Gasteiger partial charge in [0.2, 0.25) is 5.91 Å². The second kappa shape index (κ2) is 8.02. The van der Waals surface area contributed by atoms with Crippen molar-refractivity contribution >= 4 is 5.91 Å². The maximum Gasteiger partial charge on any atom is 0.226 e. The number of carbonyl (C=O) groups is 1. The smallest absolute Gasteiger partial charge is 0.226 e. The van der Waals surface area contributed by atoms with Crippen LogP contribution in [0.3, 0.4) is 0 Å². The van der Waals surface area contributed by atoms with E-state index in [1.807, 2.05) is 12.1 Å². The number of nitrogens with zero attached hydrogens (tertiary/aromatic N) is 1. The summed E-state index contributed by atoms with van der Waals surface area (Å²) in [6.07, 6.45) is 6.54. The zero-order valence-corrected chi connectivity index (χ0v) is 15.0. The Labute approximate surface area is 145 Å². The predicted octanol–water partition coefficient (Wildman–Crippen LogP) is 3.53. The lowest BCUT2D eigenvalue weighted by Gasteiger charge is -2.36. The zero-order valence-electron chi connectivity index (χ0n) is 15.0. The van der Waals surface area contributed by atoms with E-state index in [-0.39, 0.29) is 12.0 Å². The Morgan fingerprint density at radius 1 is 1.17 bits per heavy atom. The fourth-order valence-corrected chi connectivity index (χ4v) is 4.14. The molecule has 132 valence electrons. The standard InChI is InChI=1S/C20H30N2O2/c1-15-14-17(11-12-21-15)20(23)22-13-5-3-4-6-19(22)16-7-9-18(24-2)10-8-16/h7-10,15,17,19,21H,3-6,11-14H2,1-2H3/t15-,17-,19?/m0/s1. The lowest BCUT2D eigenvalue weighted by molar-refractivity contribution is -0.139. The molecule has 4 heteroatoms. The van der Waals surface area contributed by atoms with Crippen LogP contribution in [0.1, 0.15) is 57.1 Å². The maximum atomic E-state index is 13.2. The molecule has 2 saturated heterocycles. The number of ether oxygens (including phenoxy) is 1. The first-order valence-electron chi connectivity index (χ1n) is 9.37. The van der Waals surface area contributed by atoms with Crippen LogP contribution in [0.2, 0.25) is 0 Å². The van der Waals surface area contributed by atoms with Crippen LogP contribution < -0.4 is 10.1 Å². The quantitative estimate of drug-likeness (QED) is 0.922. The highest BCUT2D eigenvalue weighted by molar-refractivity contribution is 5.79. The molecule has 2 aliphatic heterocycles. The van der Waals surface area contributed by atoms with Crippen LogP contribution in [0.4, 0.5) is 0 Å². The molecular formula is C20H30N2O2. The van der Waals surface area contributed by atoms with Crippen LogP contribution in [-0.4, -0.2) is 37.0 Å². The van der Waals surface area contributed by atoms with Gasteiger partial charge in [-0.25, -0.2) is 0 Å². The van der Waals surface area contributed by atoms with Gasteiger partial charge in [0.15, 0.2) is 0 Å². The van der Waals surface area contributed by atoms with E-state index in [9.17, 15) is 4.79 Å². The van der Waals surface area contributed by atoms with Gasteiger partial charge in [0.25, 0.3) is 0 Å². The average molecular weight is 330 g/mol. The van der Waals surface area contributed by atoms with Gasteiger partial charge in [-0.2, -0.15) is 0 Å². The molecule has 0 saturated carbocycles. The van der Waals surface area contributed by atoms with E-state index >= 15 is 0 Å². The summed E-state index contributed by atoms with van der Waals surface area (Å²) in [5.74, 6) is 1.42. The second-order valence-electron chi connectivity index (χ2n) is 7.25. The Morgan fingerprint density at radius 2 is 1.96 bits per heavy atom. The van der Waals surface area contributed by atoms with Gasteiger partial charge in [0.05, 0.1) is 13.2 Å². The minimum absolute atomic E-state index is 0.181. The molecule has 0 bridgehead atoms. The van der Waals surface area contributed by atoms with Crippen LogP contribution in [-0.2, 0) is 4.79 Å². The van der Waals surface area contributed by atoms with E-state index in [2.05, 4.69) is 29.3 Å². The van der Waals surface area contributed by atoms with Gasteiger partial charge in [0.1, 0.15) is 5.75 Å². The summed E-state index contributed by atoms with van der Waals surface area (Å²) < 4.78 is 5.27. The Balaban J connectivity index is 1.79. The van der Waals surface area contributed by atoms with Crippen LogP contribution in [0.25, 0.3) is 0 Å². The third-order valence-electron chi connectivity index (χ3n) is 5.51. The summed E-state index contributed by atoms with van der Waals surface area (Å²) in [5, 5.41) is 3.45. The third-order valence-corrected chi connectivity index (χ3v) is 5.51. The molecule has 3 rings (SSSR count). The fraction of sp³-hybridized carbons (Fsp3) is 0.650. The Kier molecular flexibility index (Phi) is 5.77. The number of hydrogen-bond donors (Lipinski definition) is 1. The normalized spacial score (nSPS) is 28.2. The van der Waals surface area contributed by atoms with E-state index in [0.717, 1.165) is 44.5 Å². The summed E-state index contributed by atoms with van der Waals surface area (Å²) in [6, 6.07) is 8.93. The van der Waals surface area contributed by atoms with Gasteiger partial charge >= 0.3 is 0 Å². The van der Waals surface area contributed by atoms with E-state index in [1.165, 1.54) is 18.4 Å². The highest BCUT2D eigenvalue weighted by Gasteiger charge is 2.33. The van der Waals surface area contributed by atoms with E-state index in [1.54, 1.807) is 7.11 Å². The maximum absolute atomic E-state index is 13.2. The molecule has 1 aromatic rings. The predicted molar refractivity (Wildman–Crippen MR) is 96.1 cm³/mol. The number of rotatable bonds is 3. The zero-order chi connectivity index (χ0) is 16.9. The summed E-state index contributed by atoms with van der Waals surface area (Å²) in [4.78, 5) is 15.4. The number of hydrogen-bond acceptors (Lipinski definition) is 3. The Morgan fingerprint density at radius 3 is 2.67 bits per heavy atom. The molecule has 0 spiro atoms. The van der Waals surface area contributed by atoms with Gasteiger partial charge in [-0.15, -0.1) is 0 Å². The van der Waals surface area contributed by atoms with Crippen molar-refractivity contribution in [1.29, 1.82) is 0 Å². The SMILES string of the molecule is COc1ccc(C2CCCCCN2C(=O)[C@H]2CCN[C@@H](C)C2)cc1. The molecule has 2 aliphatic rings. The molecule has 24 heavy (non-hydrogen) atoms. The largest absolute Gasteiger partial charge is 0.497 e. The molecular weight excluding hydrogens is 300 g/mol. The van der Waals surface area contributed by atoms with E-state index < -0.39 is 0 Å². The van der Waals surface area contributed by atoms with Crippen molar-refractivity contribution in [1.82, 2.24) is 10.2 Å². The molecule has 2 heterocycles. The van der Waals surface area contributed by atoms with Gasteiger partial charge < -0.3 is 15.0 Å². The third kappa shape index (κ3) is 3.92. The number of nitrogens with one attached hydrogen (secondary N) is 1. The Hall–Kier alpha value is -1.55. The topological polar surface area (TPSA) is 41.6 Å². The number of benzene rings is 1. The van der Waals surface area contributed by atoms with Crippen LogP contribution in [0.5, 0.6) is 5.75 Å². The molecule has 1 unspecified atom stereocenters. The molecule has 1 amide bonds. The first kappa shape index (κ1) is 17.3. The monoisotopic (exact) mass is 330 g/mol. The van der Waals surface area contributed by atoms with Gasteiger partial charge in [-0.3, -0.25) is 4.79 Å².